The van der Waals surface area contributed by atoms with Crippen LogP contribution in [0.25, 0.3) is 0 Å². The van der Waals surface area contributed by atoms with Gasteiger partial charge in [-0.3, -0.25) is 0 Å². The predicted molar refractivity (Wildman–Crippen MR) is 35.2 cm³/mol. The number of hydrogen-bond donors (Lipinski definition) is 1. The molecule has 0 aromatic heterocycles. The molecule has 1 aliphatic rings. The van der Waals surface area contributed by atoms with Gasteiger partial charge in [-0.25, -0.2) is 0 Å². The van der Waals surface area contributed by atoms with E-state index < -0.39 is 0 Å². The van der Waals surface area contributed by atoms with Gasteiger partial charge < -0.3 is 9.84 Å². The molecular weight excluding hydrogens is 116 g/mol. The minimum Gasteiger partial charge on any atom is -0.391 e. The zero-order chi connectivity index (χ0) is 6.85. The molecule has 1 fully saturated rings. The fourth-order valence-electron chi connectivity index (χ4n) is 1.10. The standard InChI is InChI=1S/C7H14O2/c1-5(2)7-3-6(8)4-9-7/h5-8H,3-4H2,1-2H3/t6-,7-/m1/s1. The van der Waals surface area contributed by atoms with E-state index in [1.54, 1.807) is 0 Å². The van der Waals surface area contributed by atoms with Gasteiger partial charge in [0.2, 0.25) is 0 Å². The van der Waals surface area contributed by atoms with E-state index in [1.165, 1.54) is 0 Å². The number of aliphatic hydroxyl groups is 1. The highest BCUT2D eigenvalue weighted by Gasteiger charge is 2.25. The molecule has 9 heavy (non-hydrogen) atoms. The average Bonchev–Trinajstić information content (AvgIpc) is 2.14. The third kappa shape index (κ3) is 1.66. The van der Waals surface area contributed by atoms with E-state index in [4.69, 9.17) is 9.84 Å². The normalized spacial score (nSPS) is 36.0. The zero-order valence-electron chi connectivity index (χ0n) is 6.00. The van der Waals surface area contributed by atoms with Crippen molar-refractivity contribution >= 4 is 0 Å². The summed E-state index contributed by atoms with van der Waals surface area (Å²) in [6.45, 7) is 4.76. The number of hydrogen-bond acceptors (Lipinski definition) is 2. The molecule has 2 heteroatoms. The summed E-state index contributed by atoms with van der Waals surface area (Å²) in [4.78, 5) is 0. The van der Waals surface area contributed by atoms with Crippen molar-refractivity contribution in [3.63, 3.8) is 0 Å². The molecule has 2 nitrogen and oxygen atoms in total. The lowest BCUT2D eigenvalue weighted by molar-refractivity contribution is 0.0641. The van der Waals surface area contributed by atoms with E-state index in [9.17, 15) is 0 Å². The molecular formula is C7H14O2. The molecule has 1 rings (SSSR count). The van der Waals surface area contributed by atoms with Gasteiger partial charge in [-0.05, 0) is 5.92 Å². The lowest BCUT2D eigenvalue weighted by atomic mass is 10.0. The molecule has 2 atom stereocenters. The van der Waals surface area contributed by atoms with Crippen LogP contribution in [0.1, 0.15) is 20.3 Å². The predicted octanol–water partition coefficient (Wildman–Crippen LogP) is 0.792. The Labute approximate surface area is 55.8 Å². The average molecular weight is 130 g/mol. The van der Waals surface area contributed by atoms with Crippen LogP contribution in [0.5, 0.6) is 0 Å². The topological polar surface area (TPSA) is 29.5 Å². The van der Waals surface area contributed by atoms with E-state index in [2.05, 4.69) is 13.8 Å². The minimum atomic E-state index is -0.211. The molecule has 0 amide bonds. The largest absolute Gasteiger partial charge is 0.391 e. The summed E-state index contributed by atoms with van der Waals surface area (Å²) in [5.74, 6) is 0.544. The second-order valence-electron chi connectivity index (χ2n) is 3.01. The van der Waals surface area contributed by atoms with E-state index in [-0.39, 0.29) is 6.10 Å². The molecule has 0 aromatic carbocycles. The summed E-state index contributed by atoms with van der Waals surface area (Å²) in [6.07, 6.45) is 0.898. The van der Waals surface area contributed by atoms with E-state index in [0.29, 0.717) is 18.6 Å². The van der Waals surface area contributed by atoms with E-state index >= 15 is 0 Å². The number of ether oxygens (including phenoxy) is 1. The van der Waals surface area contributed by atoms with Crippen molar-refractivity contribution in [2.45, 2.75) is 32.5 Å². The molecule has 0 unspecified atom stereocenters. The van der Waals surface area contributed by atoms with Crippen molar-refractivity contribution in [1.29, 1.82) is 0 Å². The molecule has 0 bridgehead atoms. The Morgan fingerprint density at radius 3 is 2.44 bits per heavy atom. The zero-order valence-corrected chi connectivity index (χ0v) is 6.00. The Hall–Kier alpha value is -0.0800. The van der Waals surface area contributed by atoms with Crippen LogP contribution in [0.3, 0.4) is 0 Å². The Bertz CT molecular complexity index is 90.9. The van der Waals surface area contributed by atoms with Crippen molar-refractivity contribution in [2.24, 2.45) is 5.92 Å². The second kappa shape index (κ2) is 2.67. The fourth-order valence-corrected chi connectivity index (χ4v) is 1.10. The van der Waals surface area contributed by atoms with Gasteiger partial charge in [-0.15, -0.1) is 0 Å². The van der Waals surface area contributed by atoms with Crippen molar-refractivity contribution in [2.75, 3.05) is 6.61 Å². The van der Waals surface area contributed by atoms with Crippen LogP contribution in [0.15, 0.2) is 0 Å². The highest BCUT2D eigenvalue weighted by atomic mass is 16.5. The molecule has 54 valence electrons. The lowest BCUT2D eigenvalue weighted by Crippen LogP contribution is -2.13. The highest BCUT2D eigenvalue weighted by Crippen LogP contribution is 2.19. The van der Waals surface area contributed by atoms with Gasteiger partial charge in [-0.2, -0.15) is 0 Å². The second-order valence-corrected chi connectivity index (χ2v) is 3.01. The smallest absolute Gasteiger partial charge is 0.0798 e. The summed E-state index contributed by atoms with van der Waals surface area (Å²) >= 11 is 0. The quantitative estimate of drug-likeness (QED) is 0.568. The lowest BCUT2D eigenvalue weighted by Gasteiger charge is -2.11. The maximum atomic E-state index is 9.02. The van der Waals surface area contributed by atoms with Gasteiger partial charge in [0.15, 0.2) is 0 Å². The van der Waals surface area contributed by atoms with Crippen LogP contribution in [-0.2, 0) is 4.74 Å². The first-order valence-corrected chi connectivity index (χ1v) is 3.50. The van der Waals surface area contributed by atoms with E-state index in [1.807, 2.05) is 0 Å². The molecule has 0 radical (unpaired) electrons. The van der Waals surface area contributed by atoms with Gasteiger partial charge in [0.1, 0.15) is 0 Å². The van der Waals surface area contributed by atoms with Gasteiger partial charge >= 0.3 is 0 Å². The van der Waals surface area contributed by atoms with E-state index in [0.717, 1.165) is 6.42 Å². The summed E-state index contributed by atoms with van der Waals surface area (Å²) < 4.78 is 5.28. The van der Waals surface area contributed by atoms with Crippen molar-refractivity contribution in [3.05, 3.63) is 0 Å². The summed E-state index contributed by atoms with van der Waals surface area (Å²) in [7, 11) is 0. The molecule has 0 spiro atoms. The monoisotopic (exact) mass is 130 g/mol. The van der Waals surface area contributed by atoms with Crippen molar-refractivity contribution < 1.29 is 9.84 Å². The van der Waals surface area contributed by atoms with Crippen LogP contribution in [0.4, 0.5) is 0 Å². The first-order valence-electron chi connectivity index (χ1n) is 3.50. The van der Waals surface area contributed by atoms with Crippen LogP contribution >= 0.6 is 0 Å². The van der Waals surface area contributed by atoms with Crippen molar-refractivity contribution in [1.82, 2.24) is 0 Å². The SMILES string of the molecule is CC(C)[C@H]1C[C@@H](O)CO1. The van der Waals surface area contributed by atoms with Crippen LogP contribution in [0, 0.1) is 5.92 Å². The first kappa shape index (κ1) is 7.03. The Kier molecular flexibility index (Phi) is 2.09. The Morgan fingerprint density at radius 2 is 2.22 bits per heavy atom. The number of rotatable bonds is 1. The Morgan fingerprint density at radius 1 is 1.56 bits per heavy atom. The third-order valence-corrected chi connectivity index (χ3v) is 1.75. The molecule has 1 aliphatic heterocycles. The summed E-state index contributed by atoms with van der Waals surface area (Å²) in [5, 5.41) is 9.02. The molecule has 0 saturated carbocycles. The summed E-state index contributed by atoms with van der Waals surface area (Å²) in [5.41, 5.74) is 0. The van der Waals surface area contributed by atoms with Gasteiger partial charge in [0, 0.05) is 6.42 Å². The highest BCUT2D eigenvalue weighted by molar-refractivity contribution is 4.74. The molecule has 1 N–H and O–H groups in total. The van der Waals surface area contributed by atoms with Crippen molar-refractivity contribution in [3.8, 4) is 0 Å². The maximum absolute atomic E-state index is 9.02. The molecule has 1 heterocycles. The van der Waals surface area contributed by atoms with Gasteiger partial charge in [-0.1, -0.05) is 13.8 Å². The van der Waals surface area contributed by atoms with Gasteiger partial charge in [0.25, 0.3) is 0 Å². The fraction of sp³-hybridized carbons (Fsp3) is 1.00. The molecule has 0 aliphatic carbocycles. The first-order chi connectivity index (χ1) is 4.20. The minimum absolute atomic E-state index is 0.211. The van der Waals surface area contributed by atoms with Crippen LogP contribution in [-0.4, -0.2) is 23.9 Å². The van der Waals surface area contributed by atoms with Gasteiger partial charge in [0.05, 0.1) is 18.8 Å². The molecule has 0 aromatic rings. The number of aliphatic hydroxyl groups excluding tert-OH is 1. The maximum Gasteiger partial charge on any atom is 0.0798 e. The van der Waals surface area contributed by atoms with Crippen LogP contribution in [0.2, 0.25) is 0 Å². The Balaban J connectivity index is 2.30. The third-order valence-electron chi connectivity index (χ3n) is 1.75. The summed E-state index contributed by atoms with van der Waals surface area (Å²) in [6, 6.07) is 0. The molecule has 1 saturated heterocycles. The van der Waals surface area contributed by atoms with Crippen LogP contribution < -0.4 is 0 Å².